The Morgan fingerprint density at radius 1 is 1.45 bits per heavy atom. The van der Waals surface area contributed by atoms with Crippen LogP contribution in [0, 0.1) is 0 Å². The van der Waals surface area contributed by atoms with Gasteiger partial charge >= 0.3 is 5.97 Å². The lowest BCUT2D eigenvalue weighted by Crippen LogP contribution is -2.36. The molecule has 1 aromatic rings. The molecule has 0 radical (unpaired) electrons. The fraction of sp³-hybridized carbons (Fsp3) is 0.500. The van der Waals surface area contributed by atoms with Crippen LogP contribution in [0.25, 0.3) is 0 Å². The highest BCUT2D eigenvalue weighted by Crippen LogP contribution is 2.21. The molecule has 0 spiro atoms. The van der Waals surface area contributed by atoms with Gasteiger partial charge in [-0.1, -0.05) is 18.7 Å². The second kappa shape index (κ2) is 7.88. The molecule has 0 aromatic carbocycles. The van der Waals surface area contributed by atoms with Gasteiger partial charge in [0.15, 0.2) is 5.76 Å². The van der Waals surface area contributed by atoms with Crippen molar-refractivity contribution in [2.24, 2.45) is 0 Å². The lowest BCUT2D eigenvalue weighted by molar-refractivity contribution is -0.137. The number of carbonyl (C=O) groups excluding carboxylic acids is 1. The van der Waals surface area contributed by atoms with Gasteiger partial charge in [-0.15, -0.1) is 0 Å². The molecule has 1 aromatic heterocycles. The van der Waals surface area contributed by atoms with Crippen LogP contribution in [0.4, 0.5) is 8.78 Å². The van der Waals surface area contributed by atoms with E-state index in [4.69, 9.17) is 9.52 Å². The van der Waals surface area contributed by atoms with Crippen LogP contribution in [0.2, 0.25) is 0 Å². The number of rotatable bonds is 8. The fourth-order valence-corrected chi connectivity index (χ4v) is 2.00. The number of carboxylic acids is 1. The third kappa shape index (κ3) is 5.20. The first kappa shape index (κ1) is 16.5. The van der Waals surface area contributed by atoms with E-state index >= 15 is 0 Å². The quantitative estimate of drug-likeness (QED) is 0.799. The zero-order valence-corrected chi connectivity index (χ0v) is 11.7. The lowest BCUT2D eigenvalue weighted by Gasteiger charge is -2.18. The maximum Gasteiger partial charge on any atom is 0.323 e. The van der Waals surface area contributed by atoms with Crippen LogP contribution < -0.4 is 0 Å². The van der Waals surface area contributed by atoms with E-state index in [1.165, 1.54) is 12.1 Å². The van der Waals surface area contributed by atoms with E-state index in [2.05, 4.69) is 0 Å². The number of carboxylic acid groups (broad SMARTS) is 1. The number of hydrogen-bond acceptors (Lipinski definition) is 4. The molecular formula is C12H15F2NO4S. The molecule has 0 aliphatic carbocycles. The highest BCUT2D eigenvalue weighted by Gasteiger charge is 2.21. The van der Waals surface area contributed by atoms with Crippen LogP contribution in [-0.4, -0.2) is 40.7 Å². The summed E-state index contributed by atoms with van der Waals surface area (Å²) in [5.41, 5.74) is 0. The van der Waals surface area contributed by atoms with Crippen molar-refractivity contribution in [1.82, 2.24) is 4.90 Å². The second-order valence-corrected chi connectivity index (χ2v) is 4.94. The fourth-order valence-electron chi connectivity index (χ4n) is 1.56. The Labute approximate surface area is 118 Å². The largest absolute Gasteiger partial charge is 0.480 e. The van der Waals surface area contributed by atoms with E-state index in [-0.39, 0.29) is 23.8 Å². The van der Waals surface area contributed by atoms with E-state index in [1.54, 1.807) is 0 Å². The number of furan rings is 1. The van der Waals surface area contributed by atoms with Crippen LogP contribution >= 0.6 is 11.8 Å². The highest BCUT2D eigenvalue weighted by atomic mass is 32.2. The van der Waals surface area contributed by atoms with Gasteiger partial charge in [0.25, 0.3) is 11.7 Å². The molecule has 1 N–H and O–H groups in total. The molecule has 0 bridgehead atoms. The summed E-state index contributed by atoms with van der Waals surface area (Å²) in [6, 6.07) is 2.81. The molecule has 0 saturated carbocycles. The Kier molecular flexibility index (Phi) is 6.50. The monoisotopic (exact) mass is 307 g/mol. The van der Waals surface area contributed by atoms with Crippen molar-refractivity contribution in [3.05, 3.63) is 23.7 Å². The van der Waals surface area contributed by atoms with Crippen molar-refractivity contribution < 1.29 is 27.9 Å². The van der Waals surface area contributed by atoms with Gasteiger partial charge in [0.05, 0.1) is 5.75 Å². The van der Waals surface area contributed by atoms with Crippen molar-refractivity contribution in [2.45, 2.75) is 24.9 Å². The van der Waals surface area contributed by atoms with Crippen molar-refractivity contribution in [1.29, 1.82) is 0 Å². The molecule has 1 amide bonds. The lowest BCUT2D eigenvalue weighted by atomic mass is 10.3. The first-order chi connectivity index (χ1) is 9.43. The first-order valence-corrected chi connectivity index (χ1v) is 6.98. The van der Waals surface area contributed by atoms with Gasteiger partial charge in [-0.05, 0) is 18.6 Å². The van der Waals surface area contributed by atoms with Crippen LogP contribution in [-0.2, 0) is 10.5 Å². The minimum Gasteiger partial charge on any atom is -0.480 e. The summed E-state index contributed by atoms with van der Waals surface area (Å²) < 4.78 is 29.2. The molecule has 5 nitrogen and oxygen atoms in total. The third-order valence-corrected chi connectivity index (χ3v) is 3.03. The molecule has 0 atom stereocenters. The summed E-state index contributed by atoms with van der Waals surface area (Å²) in [6.07, 6.45) is 0.605. The molecule has 0 unspecified atom stereocenters. The SMILES string of the molecule is CCCN(CC(=O)O)C(=O)c1ccc(CSC(F)F)o1. The Hall–Kier alpha value is -1.57. The first-order valence-electron chi connectivity index (χ1n) is 5.93. The van der Waals surface area contributed by atoms with Crippen molar-refractivity contribution in [2.75, 3.05) is 13.1 Å². The Morgan fingerprint density at radius 2 is 2.15 bits per heavy atom. The number of aliphatic carboxylic acids is 1. The van der Waals surface area contributed by atoms with Gasteiger partial charge in [0.2, 0.25) is 0 Å². The van der Waals surface area contributed by atoms with Gasteiger partial charge in [-0.25, -0.2) is 0 Å². The van der Waals surface area contributed by atoms with Gasteiger partial charge in [0.1, 0.15) is 12.3 Å². The smallest absolute Gasteiger partial charge is 0.323 e. The minimum atomic E-state index is -2.51. The van der Waals surface area contributed by atoms with E-state index in [9.17, 15) is 18.4 Å². The maximum atomic E-state index is 12.0. The summed E-state index contributed by atoms with van der Waals surface area (Å²) in [7, 11) is 0. The molecule has 1 heterocycles. The minimum absolute atomic E-state index is 0.0374. The zero-order chi connectivity index (χ0) is 15.1. The number of thioether (sulfide) groups is 1. The van der Waals surface area contributed by atoms with Crippen LogP contribution in [0.5, 0.6) is 0 Å². The average molecular weight is 307 g/mol. The Balaban J connectivity index is 2.71. The molecular weight excluding hydrogens is 292 g/mol. The topological polar surface area (TPSA) is 70.8 Å². The number of hydrogen-bond donors (Lipinski definition) is 1. The van der Waals surface area contributed by atoms with Crippen molar-refractivity contribution in [3.8, 4) is 0 Å². The van der Waals surface area contributed by atoms with Crippen LogP contribution in [0.3, 0.4) is 0 Å². The Morgan fingerprint density at radius 3 is 2.70 bits per heavy atom. The van der Waals surface area contributed by atoms with Crippen LogP contribution in [0.15, 0.2) is 16.5 Å². The average Bonchev–Trinajstić information content (AvgIpc) is 2.83. The molecule has 0 aliphatic heterocycles. The standard InChI is InChI=1S/C12H15F2NO4S/c1-2-5-15(6-10(16)17)11(18)9-4-3-8(19-9)7-20-12(13)14/h3-4,12H,2,5-7H2,1H3,(H,16,17). The molecule has 8 heteroatoms. The van der Waals surface area contributed by atoms with E-state index in [1.807, 2.05) is 6.92 Å². The molecule has 0 aliphatic rings. The number of carbonyl (C=O) groups is 2. The third-order valence-electron chi connectivity index (χ3n) is 2.33. The molecule has 112 valence electrons. The second-order valence-electron chi connectivity index (χ2n) is 3.96. The van der Waals surface area contributed by atoms with Crippen molar-refractivity contribution >= 4 is 23.6 Å². The normalized spacial score (nSPS) is 10.8. The number of halogens is 2. The van der Waals surface area contributed by atoms with E-state index in [0.29, 0.717) is 18.2 Å². The highest BCUT2D eigenvalue weighted by molar-refractivity contribution is 7.98. The number of amides is 1. The predicted octanol–water partition coefficient (Wildman–Crippen LogP) is 2.67. The van der Waals surface area contributed by atoms with Gasteiger partial charge in [0, 0.05) is 6.54 Å². The van der Waals surface area contributed by atoms with E-state index in [0.717, 1.165) is 4.90 Å². The molecule has 1 rings (SSSR count). The maximum absolute atomic E-state index is 12.0. The number of nitrogens with zero attached hydrogens (tertiary/aromatic N) is 1. The van der Waals surface area contributed by atoms with Gasteiger partial charge in [-0.3, -0.25) is 9.59 Å². The van der Waals surface area contributed by atoms with E-state index < -0.39 is 24.2 Å². The molecule has 0 saturated heterocycles. The zero-order valence-electron chi connectivity index (χ0n) is 10.8. The van der Waals surface area contributed by atoms with Crippen LogP contribution in [0.1, 0.15) is 29.7 Å². The number of alkyl halides is 2. The molecule has 20 heavy (non-hydrogen) atoms. The summed E-state index contributed by atoms with van der Waals surface area (Å²) >= 11 is 0.393. The summed E-state index contributed by atoms with van der Waals surface area (Å²) in [5, 5.41) is 8.75. The van der Waals surface area contributed by atoms with Gasteiger partial charge < -0.3 is 14.4 Å². The molecule has 0 fully saturated rings. The predicted molar refractivity (Wildman–Crippen MR) is 69.8 cm³/mol. The van der Waals surface area contributed by atoms with Crippen molar-refractivity contribution in [3.63, 3.8) is 0 Å². The summed E-state index contributed by atoms with van der Waals surface area (Å²) in [4.78, 5) is 23.9. The van der Waals surface area contributed by atoms with Gasteiger partial charge in [-0.2, -0.15) is 8.78 Å². The Bertz CT molecular complexity index is 464. The summed E-state index contributed by atoms with van der Waals surface area (Å²) in [5.74, 6) is -4.01. The summed E-state index contributed by atoms with van der Waals surface area (Å²) in [6.45, 7) is 1.68.